The Morgan fingerprint density at radius 1 is 1.41 bits per heavy atom. The normalized spacial score (nSPS) is 11.5. The van der Waals surface area contributed by atoms with E-state index in [2.05, 4.69) is 4.98 Å². The molecule has 0 aliphatic carbocycles. The van der Waals surface area contributed by atoms with Crippen LogP contribution in [0.5, 0.6) is 5.75 Å². The summed E-state index contributed by atoms with van der Waals surface area (Å²) in [5.74, 6) is 0.943. The van der Waals surface area contributed by atoms with Gasteiger partial charge in [-0.1, -0.05) is 6.92 Å². The molecule has 1 heterocycles. The SMILES string of the molecule is CCS(=O)(=O)CCOc1ccc(C)nc1CCl. The molecule has 1 aromatic rings. The van der Waals surface area contributed by atoms with Crippen molar-refractivity contribution in [2.75, 3.05) is 18.1 Å². The molecule has 6 heteroatoms. The number of halogens is 1. The van der Waals surface area contributed by atoms with Crippen molar-refractivity contribution < 1.29 is 13.2 Å². The van der Waals surface area contributed by atoms with Crippen molar-refractivity contribution in [1.29, 1.82) is 0 Å². The molecule has 0 N–H and O–H groups in total. The summed E-state index contributed by atoms with van der Waals surface area (Å²) in [5.41, 5.74) is 1.50. The van der Waals surface area contributed by atoms with Crippen LogP contribution >= 0.6 is 11.6 Å². The molecule has 0 unspecified atom stereocenters. The number of ether oxygens (including phenoxy) is 1. The first kappa shape index (κ1) is 14.3. The van der Waals surface area contributed by atoms with E-state index >= 15 is 0 Å². The summed E-state index contributed by atoms with van der Waals surface area (Å²) >= 11 is 5.74. The van der Waals surface area contributed by atoms with Crippen LogP contribution in [0.2, 0.25) is 0 Å². The molecule has 0 saturated heterocycles. The van der Waals surface area contributed by atoms with Gasteiger partial charge in [0, 0.05) is 11.4 Å². The number of alkyl halides is 1. The van der Waals surface area contributed by atoms with Gasteiger partial charge in [0.15, 0.2) is 9.84 Å². The minimum absolute atomic E-state index is 0.0130. The largest absolute Gasteiger partial charge is 0.491 e. The zero-order valence-electron chi connectivity index (χ0n) is 9.94. The molecule has 0 bridgehead atoms. The maximum atomic E-state index is 11.3. The number of pyridine rings is 1. The minimum Gasteiger partial charge on any atom is -0.491 e. The van der Waals surface area contributed by atoms with Crippen molar-refractivity contribution in [2.24, 2.45) is 0 Å². The highest BCUT2D eigenvalue weighted by Gasteiger charge is 2.09. The molecule has 0 aliphatic rings. The van der Waals surface area contributed by atoms with Gasteiger partial charge >= 0.3 is 0 Å². The fourth-order valence-corrected chi connectivity index (χ4v) is 2.07. The molecular weight excluding hydrogens is 262 g/mol. The predicted molar refractivity (Wildman–Crippen MR) is 68.4 cm³/mol. The number of hydrogen-bond acceptors (Lipinski definition) is 4. The molecular formula is C11H16ClNO3S. The van der Waals surface area contributed by atoms with Crippen molar-refractivity contribution in [3.63, 3.8) is 0 Å². The monoisotopic (exact) mass is 277 g/mol. The van der Waals surface area contributed by atoms with Gasteiger partial charge in [-0.2, -0.15) is 0 Å². The average Bonchev–Trinajstić information content (AvgIpc) is 2.30. The number of aromatic nitrogens is 1. The second-order valence-electron chi connectivity index (χ2n) is 3.62. The molecule has 0 aliphatic heterocycles. The van der Waals surface area contributed by atoms with E-state index in [1.54, 1.807) is 19.1 Å². The Kier molecular flexibility index (Phi) is 5.21. The summed E-state index contributed by atoms with van der Waals surface area (Å²) in [6, 6.07) is 3.57. The van der Waals surface area contributed by atoms with E-state index in [-0.39, 0.29) is 24.0 Å². The molecule has 0 radical (unpaired) electrons. The number of rotatable bonds is 6. The molecule has 0 fully saturated rings. The van der Waals surface area contributed by atoms with E-state index in [1.807, 2.05) is 6.92 Å². The Morgan fingerprint density at radius 3 is 2.71 bits per heavy atom. The predicted octanol–water partition coefficient (Wildman–Crippen LogP) is 1.94. The first-order chi connectivity index (χ1) is 7.98. The molecule has 1 aromatic heterocycles. The topological polar surface area (TPSA) is 56.3 Å². The lowest BCUT2D eigenvalue weighted by molar-refractivity contribution is 0.336. The fraction of sp³-hybridized carbons (Fsp3) is 0.545. The molecule has 17 heavy (non-hydrogen) atoms. The maximum absolute atomic E-state index is 11.3. The molecule has 0 aromatic carbocycles. The first-order valence-electron chi connectivity index (χ1n) is 5.34. The number of aryl methyl sites for hydroxylation is 1. The first-order valence-corrected chi connectivity index (χ1v) is 7.70. The van der Waals surface area contributed by atoms with Gasteiger partial charge in [0.1, 0.15) is 12.4 Å². The Labute approximate surface area is 107 Å². The van der Waals surface area contributed by atoms with Gasteiger partial charge in [0.05, 0.1) is 17.3 Å². The second-order valence-corrected chi connectivity index (χ2v) is 6.36. The van der Waals surface area contributed by atoms with Crippen LogP contribution in [0.1, 0.15) is 18.3 Å². The van der Waals surface area contributed by atoms with E-state index < -0.39 is 9.84 Å². The quantitative estimate of drug-likeness (QED) is 0.746. The molecule has 0 atom stereocenters. The van der Waals surface area contributed by atoms with Crippen LogP contribution in [0.4, 0.5) is 0 Å². The minimum atomic E-state index is -3.00. The van der Waals surface area contributed by atoms with Crippen LogP contribution in [-0.2, 0) is 15.7 Å². The molecule has 0 saturated carbocycles. The van der Waals surface area contributed by atoms with Crippen LogP contribution in [-0.4, -0.2) is 31.5 Å². The zero-order chi connectivity index (χ0) is 12.9. The Balaban J connectivity index is 2.64. The van der Waals surface area contributed by atoms with Gasteiger partial charge in [-0.3, -0.25) is 4.98 Å². The summed E-state index contributed by atoms with van der Waals surface area (Å²) < 4.78 is 27.9. The fourth-order valence-electron chi connectivity index (χ4n) is 1.25. The van der Waals surface area contributed by atoms with E-state index in [4.69, 9.17) is 16.3 Å². The van der Waals surface area contributed by atoms with Gasteiger partial charge < -0.3 is 4.74 Å². The van der Waals surface area contributed by atoms with Crippen molar-refractivity contribution in [2.45, 2.75) is 19.7 Å². The second kappa shape index (κ2) is 6.21. The van der Waals surface area contributed by atoms with Crippen LogP contribution in [0.3, 0.4) is 0 Å². The molecule has 1 rings (SSSR count). The van der Waals surface area contributed by atoms with Crippen molar-refractivity contribution >= 4 is 21.4 Å². The van der Waals surface area contributed by atoms with Crippen LogP contribution < -0.4 is 4.74 Å². The summed E-state index contributed by atoms with van der Waals surface area (Å²) in [6.45, 7) is 3.61. The van der Waals surface area contributed by atoms with Crippen LogP contribution in [0.25, 0.3) is 0 Å². The van der Waals surface area contributed by atoms with Crippen molar-refractivity contribution in [3.8, 4) is 5.75 Å². The Morgan fingerprint density at radius 2 is 2.12 bits per heavy atom. The molecule has 96 valence electrons. The molecule has 0 amide bonds. The number of hydrogen-bond donors (Lipinski definition) is 0. The molecule has 0 spiro atoms. The third kappa shape index (κ3) is 4.52. The van der Waals surface area contributed by atoms with Gasteiger partial charge in [-0.05, 0) is 19.1 Å². The lowest BCUT2D eigenvalue weighted by atomic mass is 10.3. The van der Waals surface area contributed by atoms with Gasteiger partial charge in [-0.15, -0.1) is 11.6 Å². The smallest absolute Gasteiger partial charge is 0.153 e. The van der Waals surface area contributed by atoms with Gasteiger partial charge in [-0.25, -0.2) is 8.42 Å². The lowest BCUT2D eigenvalue weighted by Gasteiger charge is -2.09. The maximum Gasteiger partial charge on any atom is 0.153 e. The summed E-state index contributed by atoms with van der Waals surface area (Å²) in [5, 5.41) is 0. The number of sulfone groups is 1. The molecule has 4 nitrogen and oxygen atoms in total. The lowest BCUT2D eigenvalue weighted by Crippen LogP contribution is -2.16. The van der Waals surface area contributed by atoms with Gasteiger partial charge in [0.2, 0.25) is 0 Å². The zero-order valence-corrected chi connectivity index (χ0v) is 11.5. The van der Waals surface area contributed by atoms with E-state index in [1.165, 1.54) is 0 Å². The van der Waals surface area contributed by atoms with Crippen LogP contribution in [0, 0.1) is 6.92 Å². The Hall–Kier alpha value is -0.810. The third-order valence-electron chi connectivity index (χ3n) is 2.29. The highest BCUT2D eigenvalue weighted by Crippen LogP contribution is 2.18. The van der Waals surface area contributed by atoms with E-state index in [9.17, 15) is 8.42 Å². The summed E-state index contributed by atoms with van der Waals surface area (Å²) in [4.78, 5) is 4.22. The highest BCUT2D eigenvalue weighted by atomic mass is 35.5. The van der Waals surface area contributed by atoms with E-state index in [0.29, 0.717) is 11.4 Å². The summed E-state index contributed by atoms with van der Waals surface area (Å²) in [7, 11) is -3.00. The summed E-state index contributed by atoms with van der Waals surface area (Å²) in [6.07, 6.45) is 0. The standard InChI is InChI=1S/C11H16ClNO3S/c1-3-17(14,15)7-6-16-11-5-4-9(2)13-10(11)8-12/h4-5H,3,6-8H2,1-2H3. The Bertz CT molecular complexity index is 474. The van der Waals surface area contributed by atoms with Gasteiger partial charge in [0.25, 0.3) is 0 Å². The highest BCUT2D eigenvalue weighted by molar-refractivity contribution is 7.91. The number of nitrogens with zero attached hydrogens (tertiary/aromatic N) is 1. The van der Waals surface area contributed by atoms with E-state index in [0.717, 1.165) is 5.69 Å². The third-order valence-corrected chi connectivity index (χ3v) is 4.21. The van der Waals surface area contributed by atoms with Crippen molar-refractivity contribution in [3.05, 3.63) is 23.5 Å². The average molecular weight is 278 g/mol. The van der Waals surface area contributed by atoms with Crippen LogP contribution in [0.15, 0.2) is 12.1 Å². The van der Waals surface area contributed by atoms with Crippen molar-refractivity contribution in [1.82, 2.24) is 4.98 Å².